The fourth-order valence-corrected chi connectivity index (χ4v) is 2.88. The molecule has 1 N–H and O–H groups in total. The minimum Gasteiger partial charge on any atom is -0.337 e. The van der Waals surface area contributed by atoms with Crippen molar-refractivity contribution in [2.75, 3.05) is 5.32 Å². The normalized spacial score (nSPS) is 11.3. The molecule has 0 bridgehead atoms. The molecule has 2 aromatic carbocycles. The lowest BCUT2D eigenvalue weighted by molar-refractivity contribution is 1.11. The van der Waals surface area contributed by atoms with Gasteiger partial charge in [-0.1, -0.05) is 27.5 Å². The second kappa shape index (κ2) is 5.47. The Bertz CT molecular complexity index is 1040. The molecule has 5 nitrogen and oxygen atoms in total. The van der Waals surface area contributed by atoms with Gasteiger partial charge in [0.15, 0.2) is 5.82 Å². The summed E-state index contributed by atoms with van der Waals surface area (Å²) >= 11 is 9.59. The Hall–Kier alpha value is -2.18. The van der Waals surface area contributed by atoms with Gasteiger partial charge >= 0.3 is 0 Å². The maximum absolute atomic E-state index is 6.09. The van der Waals surface area contributed by atoms with Crippen LogP contribution in [-0.2, 0) is 0 Å². The molecule has 0 aliphatic carbocycles. The number of nitrogens with zero attached hydrogens (tertiary/aromatic N) is 4. The maximum atomic E-state index is 6.09. The van der Waals surface area contributed by atoms with Crippen LogP contribution in [0.5, 0.6) is 0 Å². The van der Waals surface area contributed by atoms with Crippen LogP contribution in [0.1, 0.15) is 5.56 Å². The molecule has 2 aromatic heterocycles. The van der Waals surface area contributed by atoms with Crippen LogP contribution in [0.25, 0.3) is 16.7 Å². The molecule has 0 aliphatic rings. The molecule has 0 saturated heterocycles. The number of halogens is 2. The van der Waals surface area contributed by atoms with E-state index in [1.807, 2.05) is 47.7 Å². The van der Waals surface area contributed by atoms with Gasteiger partial charge in [-0.25, -0.2) is 4.98 Å². The van der Waals surface area contributed by atoms with Crippen LogP contribution in [0.4, 0.5) is 11.5 Å². The first-order chi connectivity index (χ1) is 11.1. The van der Waals surface area contributed by atoms with Crippen molar-refractivity contribution in [3.8, 4) is 0 Å². The van der Waals surface area contributed by atoms with Gasteiger partial charge in [0.05, 0.1) is 11.0 Å². The second-order valence-electron chi connectivity index (χ2n) is 5.21. The molecule has 23 heavy (non-hydrogen) atoms. The third-order valence-corrected chi connectivity index (χ3v) is 4.73. The highest BCUT2D eigenvalue weighted by molar-refractivity contribution is 9.10. The monoisotopic (exact) mass is 387 g/mol. The number of hydrogen-bond acceptors (Lipinski definition) is 4. The number of rotatable bonds is 2. The molecule has 0 fully saturated rings. The molecule has 4 aromatic rings. The topological polar surface area (TPSA) is 55.1 Å². The predicted molar refractivity (Wildman–Crippen MR) is 95.5 cm³/mol. The van der Waals surface area contributed by atoms with Crippen molar-refractivity contribution in [3.63, 3.8) is 0 Å². The molecule has 2 heterocycles. The van der Waals surface area contributed by atoms with Crippen molar-refractivity contribution < 1.29 is 0 Å². The summed E-state index contributed by atoms with van der Waals surface area (Å²) in [5.74, 6) is 0.652. The fourth-order valence-electron chi connectivity index (χ4n) is 2.47. The number of hydrogen-bond donors (Lipinski definition) is 1. The van der Waals surface area contributed by atoms with Gasteiger partial charge in [0.1, 0.15) is 6.33 Å². The van der Waals surface area contributed by atoms with E-state index in [-0.39, 0.29) is 0 Å². The van der Waals surface area contributed by atoms with E-state index in [4.69, 9.17) is 11.6 Å². The SMILES string of the molecule is Cc1cc(Nc2nc3ccc(Cl)cc3n3cnnc23)ccc1Br. The van der Waals surface area contributed by atoms with Crippen molar-refractivity contribution >= 4 is 55.7 Å². The zero-order chi connectivity index (χ0) is 16.0. The molecule has 114 valence electrons. The van der Waals surface area contributed by atoms with Gasteiger partial charge in [0, 0.05) is 15.2 Å². The molecule has 0 aliphatic heterocycles. The van der Waals surface area contributed by atoms with E-state index >= 15 is 0 Å². The van der Waals surface area contributed by atoms with Crippen LogP contribution < -0.4 is 5.32 Å². The van der Waals surface area contributed by atoms with Crippen LogP contribution in [0.3, 0.4) is 0 Å². The van der Waals surface area contributed by atoms with Gasteiger partial charge in [0.25, 0.3) is 0 Å². The lowest BCUT2D eigenvalue weighted by Gasteiger charge is -2.10. The molecule has 0 unspecified atom stereocenters. The predicted octanol–water partition coefficient (Wildman–Crippen LogP) is 4.75. The van der Waals surface area contributed by atoms with Gasteiger partial charge in [-0.05, 0) is 48.9 Å². The summed E-state index contributed by atoms with van der Waals surface area (Å²) in [6.45, 7) is 2.04. The van der Waals surface area contributed by atoms with E-state index in [9.17, 15) is 0 Å². The van der Waals surface area contributed by atoms with Crippen LogP contribution in [-0.4, -0.2) is 19.6 Å². The summed E-state index contributed by atoms with van der Waals surface area (Å²) in [6.07, 6.45) is 1.66. The molecule has 4 rings (SSSR count). The Kier molecular flexibility index (Phi) is 3.43. The third kappa shape index (κ3) is 2.54. The van der Waals surface area contributed by atoms with Crippen LogP contribution in [0.2, 0.25) is 5.02 Å². The Labute approximate surface area is 145 Å². The molecular weight excluding hydrogens is 378 g/mol. The summed E-state index contributed by atoms with van der Waals surface area (Å²) in [5, 5.41) is 12.1. The molecular formula is C16H11BrClN5. The Morgan fingerprint density at radius 2 is 2.04 bits per heavy atom. The number of anilines is 2. The second-order valence-corrected chi connectivity index (χ2v) is 6.50. The molecule has 7 heteroatoms. The average molecular weight is 389 g/mol. The minimum absolute atomic E-state index is 0.651. The lowest BCUT2D eigenvalue weighted by atomic mass is 10.2. The van der Waals surface area contributed by atoms with E-state index in [0.29, 0.717) is 16.5 Å². The first-order valence-corrected chi connectivity index (χ1v) is 8.11. The van der Waals surface area contributed by atoms with E-state index < -0.39 is 0 Å². The van der Waals surface area contributed by atoms with Crippen molar-refractivity contribution in [3.05, 3.63) is 57.8 Å². The summed E-state index contributed by atoms with van der Waals surface area (Å²) in [7, 11) is 0. The minimum atomic E-state index is 0.651. The average Bonchev–Trinajstić information content (AvgIpc) is 3.02. The zero-order valence-corrected chi connectivity index (χ0v) is 14.4. The van der Waals surface area contributed by atoms with E-state index in [1.165, 1.54) is 0 Å². The highest BCUT2D eigenvalue weighted by Crippen LogP contribution is 2.27. The van der Waals surface area contributed by atoms with Crippen LogP contribution in [0.15, 0.2) is 47.2 Å². The molecule has 0 amide bonds. The van der Waals surface area contributed by atoms with Crippen molar-refractivity contribution in [2.45, 2.75) is 6.92 Å². The van der Waals surface area contributed by atoms with Gasteiger partial charge in [0.2, 0.25) is 5.65 Å². The Morgan fingerprint density at radius 3 is 2.87 bits per heavy atom. The van der Waals surface area contributed by atoms with Gasteiger partial charge in [-0.2, -0.15) is 0 Å². The maximum Gasteiger partial charge on any atom is 0.204 e. The molecule has 0 spiro atoms. The van der Waals surface area contributed by atoms with Crippen LogP contribution in [0, 0.1) is 6.92 Å². The highest BCUT2D eigenvalue weighted by Gasteiger charge is 2.11. The highest BCUT2D eigenvalue weighted by atomic mass is 79.9. The number of fused-ring (bicyclic) bond motifs is 3. The zero-order valence-electron chi connectivity index (χ0n) is 12.1. The number of nitrogens with one attached hydrogen (secondary N) is 1. The lowest BCUT2D eigenvalue weighted by Crippen LogP contribution is -2.00. The largest absolute Gasteiger partial charge is 0.337 e. The molecule has 0 radical (unpaired) electrons. The standard InChI is InChI=1S/C16H11BrClN5/c1-9-6-11(3-4-12(9)17)20-15-16-22-19-8-23(16)14-7-10(18)2-5-13(14)21-15/h2-8H,1H3,(H,20,21). The van der Waals surface area contributed by atoms with Gasteiger partial charge in [-0.3, -0.25) is 4.40 Å². The summed E-state index contributed by atoms with van der Waals surface area (Å²) < 4.78 is 2.94. The van der Waals surface area contributed by atoms with E-state index in [2.05, 4.69) is 36.4 Å². The first-order valence-electron chi connectivity index (χ1n) is 6.94. The smallest absolute Gasteiger partial charge is 0.204 e. The first kappa shape index (κ1) is 14.4. The number of aromatic nitrogens is 4. The summed E-state index contributed by atoms with van der Waals surface area (Å²) in [4.78, 5) is 4.66. The summed E-state index contributed by atoms with van der Waals surface area (Å²) in [6, 6.07) is 11.6. The van der Waals surface area contributed by atoms with E-state index in [0.717, 1.165) is 26.8 Å². The van der Waals surface area contributed by atoms with Gasteiger partial charge in [-0.15, -0.1) is 10.2 Å². The molecule has 0 saturated carbocycles. The quantitative estimate of drug-likeness (QED) is 0.538. The van der Waals surface area contributed by atoms with Crippen molar-refractivity contribution in [1.29, 1.82) is 0 Å². The third-order valence-electron chi connectivity index (χ3n) is 3.61. The van der Waals surface area contributed by atoms with Crippen molar-refractivity contribution in [2.24, 2.45) is 0 Å². The van der Waals surface area contributed by atoms with Crippen LogP contribution >= 0.6 is 27.5 Å². The fraction of sp³-hybridized carbons (Fsp3) is 0.0625. The number of benzene rings is 2. The molecule has 0 atom stereocenters. The Morgan fingerprint density at radius 1 is 1.17 bits per heavy atom. The van der Waals surface area contributed by atoms with Crippen molar-refractivity contribution in [1.82, 2.24) is 19.6 Å². The van der Waals surface area contributed by atoms with Gasteiger partial charge < -0.3 is 5.32 Å². The number of aryl methyl sites for hydroxylation is 1. The summed E-state index contributed by atoms with van der Waals surface area (Å²) in [5.41, 5.74) is 4.42. The Balaban J connectivity index is 1.89. The van der Waals surface area contributed by atoms with E-state index in [1.54, 1.807) is 6.33 Å².